The average molecular weight is 389 g/mol. The van der Waals surface area contributed by atoms with E-state index < -0.39 is 5.41 Å². The molecule has 1 atom stereocenters. The molecule has 0 bridgehead atoms. The predicted octanol–water partition coefficient (Wildman–Crippen LogP) is 2.82. The molecule has 2 fully saturated rings. The van der Waals surface area contributed by atoms with Gasteiger partial charge in [0, 0.05) is 32.6 Å². The van der Waals surface area contributed by atoms with Crippen molar-refractivity contribution in [2.24, 2.45) is 5.41 Å². The highest BCUT2D eigenvalue weighted by Crippen LogP contribution is 2.36. The molecule has 0 aromatic heterocycles. The van der Waals surface area contributed by atoms with Crippen LogP contribution in [0.15, 0.2) is 30.3 Å². The third-order valence-corrected chi connectivity index (χ3v) is 5.77. The highest BCUT2D eigenvalue weighted by molar-refractivity contribution is 5.81. The monoisotopic (exact) mass is 388 g/mol. The summed E-state index contributed by atoms with van der Waals surface area (Å²) in [5, 5.41) is 1.87. The van der Waals surface area contributed by atoms with E-state index in [2.05, 4.69) is 12.1 Å². The van der Waals surface area contributed by atoms with Gasteiger partial charge < -0.3 is 9.64 Å². The fourth-order valence-corrected chi connectivity index (χ4v) is 4.18. The Kier molecular flexibility index (Phi) is 7.45. The first-order chi connectivity index (χ1) is 13.6. The summed E-state index contributed by atoms with van der Waals surface area (Å²) in [4.78, 5) is 33.0. The molecule has 3 rings (SSSR count). The van der Waals surface area contributed by atoms with Gasteiger partial charge in [-0.1, -0.05) is 30.3 Å². The van der Waals surface area contributed by atoms with Crippen molar-refractivity contribution < 1.29 is 19.2 Å². The van der Waals surface area contributed by atoms with E-state index in [1.807, 2.05) is 35.1 Å². The number of likely N-dealkylation sites (tertiary alicyclic amines) is 1. The van der Waals surface area contributed by atoms with Gasteiger partial charge in [-0.05, 0) is 44.6 Å². The first-order valence-corrected chi connectivity index (χ1v) is 10.5. The van der Waals surface area contributed by atoms with E-state index >= 15 is 0 Å². The Hall–Kier alpha value is -1.92. The van der Waals surface area contributed by atoms with Gasteiger partial charge in [-0.15, -0.1) is 0 Å². The van der Waals surface area contributed by atoms with Gasteiger partial charge in [-0.2, -0.15) is 5.06 Å². The first-order valence-electron chi connectivity index (χ1n) is 10.5. The van der Waals surface area contributed by atoms with Gasteiger partial charge in [0.15, 0.2) is 0 Å². The lowest BCUT2D eigenvalue weighted by atomic mass is 9.75. The number of hydrogen-bond donors (Lipinski definition) is 0. The summed E-state index contributed by atoms with van der Waals surface area (Å²) in [7, 11) is 0. The topological polar surface area (TPSA) is 59.1 Å². The van der Waals surface area contributed by atoms with Crippen LogP contribution < -0.4 is 0 Å². The largest absolute Gasteiger partial charge is 0.466 e. The number of carbonyl (C=O) groups is 2. The van der Waals surface area contributed by atoms with Crippen molar-refractivity contribution in [3.05, 3.63) is 35.9 Å². The van der Waals surface area contributed by atoms with Gasteiger partial charge in [0.05, 0.1) is 18.6 Å². The maximum absolute atomic E-state index is 12.9. The average Bonchev–Trinajstić information content (AvgIpc) is 3.25. The number of aryl methyl sites for hydroxylation is 1. The molecule has 154 valence electrons. The molecule has 0 N–H and O–H groups in total. The Morgan fingerprint density at radius 2 is 2.00 bits per heavy atom. The second kappa shape index (κ2) is 10.0. The van der Waals surface area contributed by atoms with Crippen molar-refractivity contribution >= 4 is 11.9 Å². The third-order valence-electron chi connectivity index (χ3n) is 5.77. The zero-order valence-electron chi connectivity index (χ0n) is 16.9. The van der Waals surface area contributed by atoms with Crippen LogP contribution in [0.2, 0.25) is 0 Å². The summed E-state index contributed by atoms with van der Waals surface area (Å²) in [5.41, 5.74) is 0.602. The smallest absolute Gasteiger partial charge is 0.313 e. The van der Waals surface area contributed by atoms with E-state index in [9.17, 15) is 9.59 Å². The molecule has 2 heterocycles. The van der Waals surface area contributed by atoms with Crippen LogP contribution in [0.4, 0.5) is 0 Å². The lowest BCUT2D eigenvalue weighted by Gasteiger charge is -2.41. The lowest BCUT2D eigenvalue weighted by molar-refractivity contribution is -0.162. The summed E-state index contributed by atoms with van der Waals surface area (Å²) < 4.78 is 5.44. The fourth-order valence-electron chi connectivity index (χ4n) is 4.18. The number of ether oxygens (including phenoxy) is 1. The van der Waals surface area contributed by atoms with Gasteiger partial charge in [0.2, 0.25) is 5.91 Å². The Labute approximate surface area is 167 Å². The zero-order chi connectivity index (χ0) is 19.8. The van der Waals surface area contributed by atoms with Crippen LogP contribution in [0.3, 0.4) is 0 Å². The van der Waals surface area contributed by atoms with Crippen molar-refractivity contribution in [3.8, 4) is 0 Å². The summed E-state index contributed by atoms with van der Waals surface area (Å²) in [6.45, 7) is 5.62. The second-order valence-electron chi connectivity index (χ2n) is 7.77. The molecule has 2 saturated heterocycles. The van der Waals surface area contributed by atoms with Crippen molar-refractivity contribution in [1.82, 2.24) is 9.96 Å². The van der Waals surface area contributed by atoms with Crippen LogP contribution in [-0.2, 0) is 25.6 Å². The maximum Gasteiger partial charge on any atom is 0.313 e. The van der Waals surface area contributed by atoms with Gasteiger partial charge in [-0.3, -0.25) is 14.4 Å². The van der Waals surface area contributed by atoms with Gasteiger partial charge in [0.25, 0.3) is 0 Å². The zero-order valence-corrected chi connectivity index (χ0v) is 16.9. The molecule has 28 heavy (non-hydrogen) atoms. The summed E-state index contributed by atoms with van der Waals surface area (Å²) in [6.07, 6.45) is 4.57. The molecule has 6 heteroatoms. The van der Waals surface area contributed by atoms with Crippen molar-refractivity contribution in [2.75, 3.05) is 39.4 Å². The highest BCUT2D eigenvalue weighted by Gasteiger charge is 2.44. The molecule has 1 aromatic carbocycles. The molecule has 6 nitrogen and oxygen atoms in total. The Morgan fingerprint density at radius 1 is 1.18 bits per heavy atom. The molecule has 2 aliphatic heterocycles. The molecule has 1 aromatic rings. The number of nitrogens with zero attached hydrogens (tertiary/aromatic N) is 2. The van der Waals surface area contributed by atoms with E-state index in [1.54, 1.807) is 0 Å². The quantitative estimate of drug-likeness (QED) is 0.641. The molecule has 0 saturated carbocycles. The Morgan fingerprint density at radius 3 is 2.71 bits per heavy atom. The van der Waals surface area contributed by atoms with E-state index in [4.69, 9.17) is 9.57 Å². The van der Waals surface area contributed by atoms with Crippen LogP contribution in [0, 0.1) is 5.41 Å². The van der Waals surface area contributed by atoms with E-state index in [1.165, 1.54) is 5.56 Å². The number of esters is 1. The molecule has 0 radical (unpaired) electrons. The molecule has 0 aliphatic carbocycles. The van der Waals surface area contributed by atoms with E-state index in [0.29, 0.717) is 39.1 Å². The van der Waals surface area contributed by atoms with Crippen LogP contribution in [0.5, 0.6) is 0 Å². The molecular formula is C22H32N2O4. The van der Waals surface area contributed by atoms with E-state index in [-0.39, 0.29) is 11.9 Å². The van der Waals surface area contributed by atoms with Gasteiger partial charge in [-0.25, -0.2) is 0 Å². The van der Waals surface area contributed by atoms with Crippen LogP contribution in [-0.4, -0.2) is 61.2 Å². The lowest BCUT2D eigenvalue weighted by Crippen LogP contribution is -2.51. The number of piperidine rings is 1. The number of rotatable bonds is 8. The van der Waals surface area contributed by atoms with Gasteiger partial charge >= 0.3 is 5.97 Å². The van der Waals surface area contributed by atoms with Crippen molar-refractivity contribution in [2.45, 2.75) is 45.4 Å². The molecule has 1 unspecified atom stereocenters. The second-order valence-corrected chi connectivity index (χ2v) is 7.77. The van der Waals surface area contributed by atoms with Crippen molar-refractivity contribution in [1.29, 1.82) is 0 Å². The Bertz CT molecular complexity index is 645. The van der Waals surface area contributed by atoms with E-state index in [0.717, 1.165) is 38.8 Å². The fraction of sp³-hybridized carbons (Fsp3) is 0.636. The highest BCUT2D eigenvalue weighted by atomic mass is 16.7. The molecule has 2 aliphatic rings. The summed E-state index contributed by atoms with van der Waals surface area (Å²) in [5.74, 6) is -0.0603. The first kappa shape index (κ1) is 20.8. The SMILES string of the molecule is CCOC(=O)C1(CCc2ccccc2)CCCN(C(=O)CCN2CCCO2)C1. The van der Waals surface area contributed by atoms with Crippen LogP contribution in [0.1, 0.15) is 44.6 Å². The standard InChI is InChI=1S/C22H32N2O4/c1-2-27-21(26)22(13-10-19-8-4-3-5-9-19)12-6-14-23(18-22)20(25)11-16-24-15-7-17-28-24/h3-5,8-9H,2,6-7,10-18H2,1H3. The predicted molar refractivity (Wildman–Crippen MR) is 106 cm³/mol. The number of hydroxylamine groups is 2. The third kappa shape index (κ3) is 5.32. The normalized spacial score (nSPS) is 23.0. The summed E-state index contributed by atoms with van der Waals surface area (Å²) in [6, 6.07) is 10.2. The number of benzene rings is 1. The molecular weight excluding hydrogens is 356 g/mol. The molecule has 1 amide bonds. The maximum atomic E-state index is 12.9. The minimum absolute atomic E-state index is 0.101. The van der Waals surface area contributed by atoms with Crippen molar-refractivity contribution in [3.63, 3.8) is 0 Å². The number of amides is 1. The minimum atomic E-state index is -0.607. The number of hydrogen-bond acceptors (Lipinski definition) is 5. The Balaban J connectivity index is 1.64. The summed E-state index contributed by atoms with van der Waals surface area (Å²) >= 11 is 0. The molecule has 0 spiro atoms. The minimum Gasteiger partial charge on any atom is -0.466 e. The van der Waals surface area contributed by atoms with Crippen LogP contribution >= 0.6 is 0 Å². The number of carbonyl (C=O) groups excluding carboxylic acids is 2. The van der Waals surface area contributed by atoms with Gasteiger partial charge in [0.1, 0.15) is 0 Å². The van der Waals surface area contributed by atoms with Crippen LogP contribution in [0.25, 0.3) is 0 Å².